The predicted molar refractivity (Wildman–Crippen MR) is 70.6 cm³/mol. The van der Waals surface area contributed by atoms with Gasteiger partial charge in [-0.2, -0.15) is 0 Å². The van der Waals surface area contributed by atoms with E-state index in [1.807, 2.05) is 36.2 Å². The van der Waals surface area contributed by atoms with Gasteiger partial charge in [-0.25, -0.2) is 0 Å². The molecular weight excluding hydrogens is 284 g/mol. The molecule has 4 nitrogen and oxygen atoms in total. The van der Waals surface area contributed by atoms with E-state index in [-0.39, 0.29) is 12.5 Å². The second-order valence-electron chi connectivity index (χ2n) is 3.88. The van der Waals surface area contributed by atoms with Gasteiger partial charge in [0.05, 0.1) is 13.2 Å². The van der Waals surface area contributed by atoms with Crippen LogP contribution in [0, 0.1) is 0 Å². The van der Waals surface area contributed by atoms with Crippen molar-refractivity contribution in [3.8, 4) is 0 Å². The summed E-state index contributed by atoms with van der Waals surface area (Å²) < 4.78 is 1.04. The van der Waals surface area contributed by atoms with E-state index >= 15 is 0 Å². The normalized spacial score (nSPS) is 10.6. The third-order valence-electron chi connectivity index (χ3n) is 2.19. The molecule has 0 aliphatic heterocycles. The van der Waals surface area contributed by atoms with Crippen molar-refractivity contribution in [2.45, 2.75) is 6.54 Å². The number of aliphatic hydroxyl groups is 1. The van der Waals surface area contributed by atoms with Gasteiger partial charge in [-0.15, -0.1) is 0 Å². The Kier molecular flexibility index (Phi) is 6.18. The highest BCUT2D eigenvalue weighted by molar-refractivity contribution is 9.10. The first kappa shape index (κ1) is 14.2. The second-order valence-corrected chi connectivity index (χ2v) is 4.79. The smallest absolute Gasteiger partial charge is 0.234 e. The van der Waals surface area contributed by atoms with Crippen LogP contribution >= 0.6 is 15.9 Å². The van der Waals surface area contributed by atoms with E-state index in [2.05, 4.69) is 21.2 Å². The number of rotatable bonds is 6. The summed E-state index contributed by atoms with van der Waals surface area (Å²) >= 11 is 3.41. The highest BCUT2D eigenvalue weighted by Crippen LogP contribution is 2.12. The average molecular weight is 301 g/mol. The van der Waals surface area contributed by atoms with Crippen molar-refractivity contribution < 1.29 is 9.90 Å². The van der Waals surface area contributed by atoms with Crippen LogP contribution in [0.1, 0.15) is 5.56 Å². The van der Waals surface area contributed by atoms with Crippen LogP contribution in [0.2, 0.25) is 0 Å². The number of amides is 1. The summed E-state index contributed by atoms with van der Waals surface area (Å²) in [5, 5.41) is 11.2. The summed E-state index contributed by atoms with van der Waals surface area (Å²) in [5.41, 5.74) is 1.15. The van der Waals surface area contributed by atoms with E-state index in [0.717, 1.165) is 10.0 Å². The quantitative estimate of drug-likeness (QED) is 0.824. The van der Waals surface area contributed by atoms with E-state index in [0.29, 0.717) is 19.6 Å². The minimum atomic E-state index is -0.0726. The highest BCUT2D eigenvalue weighted by Gasteiger charge is 2.06. The Morgan fingerprint density at radius 2 is 2.29 bits per heavy atom. The Morgan fingerprint density at radius 1 is 1.53 bits per heavy atom. The topological polar surface area (TPSA) is 52.6 Å². The van der Waals surface area contributed by atoms with Crippen LogP contribution in [-0.2, 0) is 11.3 Å². The molecule has 1 aromatic carbocycles. The number of nitrogens with one attached hydrogen (secondary N) is 1. The van der Waals surface area contributed by atoms with E-state index in [1.54, 1.807) is 0 Å². The Bertz CT molecular complexity index is 371. The molecule has 0 unspecified atom stereocenters. The number of benzene rings is 1. The monoisotopic (exact) mass is 300 g/mol. The molecule has 94 valence electrons. The summed E-state index contributed by atoms with van der Waals surface area (Å²) in [6, 6.07) is 7.99. The lowest BCUT2D eigenvalue weighted by Crippen LogP contribution is -2.36. The molecule has 2 N–H and O–H groups in total. The van der Waals surface area contributed by atoms with E-state index in [1.165, 1.54) is 0 Å². The largest absolute Gasteiger partial charge is 0.395 e. The van der Waals surface area contributed by atoms with Crippen molar-refractivity contribution in [3.05, 3.63) is 34.3 Å². The molecule has 0 saturated carbocycles. The van der Waals surface area contributed by atoms with Gasteiger partial charge in [0.1, 0.15) is 0 Å². The number of nitrogens with zero attached hydrogens (tertiary/aromatic N) is 1. The van der Waals surface area contributed by atoms with Crippen molar-refractivity contribution in [1.82, 2.24) is 10.2 Å². The van der Waals surface area contributed by atoms with Crippen molar-refractivity contribution in [2.24, 2.45) is 0 Å². The first-order valence-electron chi connectivity index (χ1n) is 5.42. The Balaban J connectivity index is 2.39. The number of likely N-dealkylation sites (N-methyl/N-ethyl adjacent to an activating group) is 1. The lowest BCUT2D eigenvalue weighted by atomic mass is 10.2. The SMILES string of the molecule is CN(CC(=O)NCCO)Cc1cccc(Br)c1. The zero-order valence-electron chi connectivity index (χ0n) is 9.82. The van der Waals surface area contributed by atoms with Crippen LogP contribution in [0.3, 0.4) is 0 Å². The van der Waals surface area contributed by atoms with Gasteiger partial charge in [0.15, 0.2) is 0 Å². The molecule has 0 atom stereocenters. The number of aliphatic hydroxyl groups excluding tert-OH is 1. The molecule has 0 aromatic heterocycles. The first-order chi connectivity index (χ1) is 8.11. The van der Waals surface area contributed by atoms with Crippen LogP contribution in [0.4, 0.5) is 0 Å². The first-order valence-corrected chi connectivity index (χ1v) is 6.21. The minimum absolute atomic E-state index is 0.0267. The molecule has 5 heteroatoms. The van der Waals surface area contributed by atoms with E-state index in [9.17, 15) is 4.79 Å². The fourth-order valence-corrected chi connectivity index (χ4v) is 1.95. The van der Waals surface area contributed by atoms with Crippen molar-refractivity contribution in [3.63, 3.8) is 0 Å². The summed E-state index contributed by atoms with van der Waals surface area (Å²) in [6.45, 7) is 1.32. The molecule has 0 radical (unpaired) electrons. The number of carbonyl (C=O) groups is 1. The zero-order valence-corrected chi connectivity index (χ0v) is 11.4. The predicted octanol–water partition coefficient (Wildman–Crippen LogP) is 0.989. The molecule has 0 bridgehead atoms. The lowest BCUT2D eigenvalue weighted by Gasteiger charge is -2.16. The third kappa shape index (κ3) is 5.81. The molecular formula is C12H17BrN2O2. The molecule has 0 aliphatic rings. The Labute approximate surface area is 110 Å². The highest BCUT2D eigenvalue weighted by atomic mass is 79.9. The summed E-state index contributed by atoms with van der Waals surface area (Å²) in [6.07, 6.45) is 0. The maximum Gasteiger partial charge on any atom is 0.234 e. The standard InChI is InChI=1S/C12H17BrN2O2/c1-15(9-12(17)14-5-6-16)8-10-3-2-4-11(13)7-10/h2-4,7,16H,5-6,8-9H2,1H3,(H,14,17). The van der Waals surface area contributed by atoms with Crippen LogP contribution in [-0.4, -0.2) is 42.7 Å². The van der Waals surface area contributed by atoms with Gasteiger partial charge in [-0.1, -0.05) is 28.1 Å². The summed E-state index contributed by atoms with van der Waals surface area (Å²) in [4.78, 5) is 13.3. The maximum atomic E-state index is 11.4. The molecule has 1 amide bonds. The Hall–Kier alpha value is -0.910. The lowest BCUT2D eigenvalue weighted by molar-refractivity contribution is -0.122. The van der Waals surface area contributed by atoms with E-state index in [4.69, 9.17) is 5.11 Å². The maximum absolute atomic E-state index is 11.4. The van der Waals surface area contributed by atoms with Crippen LogP contribution in [0.25, 0.3) is 0 Å². The van der Waals surface area contributed by atoms with Crippen molar-refractivity contribution >= 4 is 21.8 Å². The third-order valence-corrected chi connectivity index (χ3v) is 2.68. The molecule has 0 heterocycles. The van der Waals surface area contributed by atoms with Crippen LogP contribution < -0.4 is 5.32 Å². The molecule has 0 aliphatic carbocycles. The molecule has 0 fully saturated rings. The number of carbonyl (C=O) groups excluding carboxylic acids is 1. The van der Waals surface area contributed by atoms with Crippen LogP contribution in [0.5, 0.6) is 0 Å². The van der Waals surface area contributed by atoms with Crippen molar-refractivity contribution in [2.75, 3.05) is 26.7 Å². The van der Waals surface area contributed by atoms with Crippen molar-refractivity contribution in [1.29, 1.82) is 0 Å². The van der Waals surface area contributed by atoms with Gasteiger partial charge in [0.2, 0.25) is 5.91 Å². The van der Waals surface area contributed by atoms with Gasteiger partial charge in [-0.05, 0) is 24.7 Å². The van der Waals surface area contributed by atoms with Gasteiger partial charge in [0, 0.05) is 17.6 Å². The molecule has 0 spiro atoms. The number of halogens is 1. The molecule has 1 rings (SSSR count). The fraction of sp³-hybridized carbons (Fsp3) is 0.417. The number of hydrogen-bond donors (Lipinski definition) is 2. The van der Waals surface area contributed by atoms with Gasteiger partial charge >= 0.3 is 0 Å². The molecule has 1 aromatic rings. The van der Waals surface area contributed by atoms with Gasteiger partial charge in [0.25, 0.3) is 0 Å². The number of hydrogen-bond acceptors (Lipinski definition) is 3. The second kappa shape index (κ2) is 7.42. The average Bonchev–Trinajstić information content (AvgIpc) is 2.26. The molecule has 17 heavy (non-hydrogen) atoms. The summed E-state index contributed by atoms with van der Waals surface area (Å²) in [7, 11) is 1.89. The molecule has 0 saturated heterocycles. The van der Waals surface area contributed by atoms with Gasteiger partial charge < -0.3 is 10.4 Å². The minimum Gasteiger partial charge on any atom is -0.395 e. The fourth-order valence-electron chi connectivity index (χ4n) is 1.50. The zero-order chi connectivity index (χ0) is 12.7. The Morgan fingerprint density at radius 3 is 2.94 bits per heavy atom. The summed E-state index contributed by atoms with van der Waals surface area (Å²) in [5.74, 6) is -0.0726. The van der Waals surface area contributed by atoms with E-state index < -0.39 is 0 Å². The van der Waals surface area contributed by atoms with Gasteiger partial charge in [-0.3, -0.25) is 9.69 Å². The van der Waals surface area contributed by atoms with Crippen LogP contribution in [0.15, 0.2) is 28.7 Å².